The normalized spacial score (nSPS) is 20.5. The summed E-state index contributed by atoms with van der Waals surface area (Å²) < 4.78 is 39.4. The molecule has 2 aromatic carbocycles. The summed E-state index contributed by atoms with van der Waals surface area (Å²) in [5.74, 6) is 0.150. The fourth-order valence-corrected chi connectivity index (χ4v) is 6.01. The van der Waals surface area contributed by atoms with Crippen LogP contribution < -0.4 is 14.2 Å². The number of amides is 2. The summed E-state index contributed by atoms with van der Waals surface area (Å²) in [4.78, 5) is 27.0. The number of rotatable bonds is 7. The molecule has 4 rings (SSSR count). The lowest BCUT2D eigenvalue weighted by Crippen LogP contribution is -2.30. The fourth-order valence-electron chi connectivity index (χ4n) is 4.68. The lowest BCUT2D eigenvalue weighted by Gasteiger charge is -2.19. The molecule has 1 saturated heterocycles. The molecule has 33 heavy (non-hydrogen) atoms. The third-order valence-corrected chi connectivity index (χ3v) is 7.94. The van der Waals surface area contributed by atoms with Gasteiger partial charge in [-0.3, -0.25) is 19.2 Å². The summed E-state index contributed by atoms with van der Waals surface area (Å²) >= 11 is 0. The number of benzene rings is 2. The SMILES string of the molecule is COc1cc(NS(=O)(=O)c2cc(CN3C(=O)C4CCCCC4C3=O)ccc2C)cc(OC)c1. The van der Waals surface area contributed by atoms with Gasteiger partial charge in [0.15, 0.2) is 0 Å². The van der Waals surface area contributed by atoms with E-state index in [-0.39, 0.29) is 35.1 Å². The molecule has 176 valence electrons. The summed E-state index contributed by atoms with van der Waals surface area (Å²) in [6.07, 6.45) is 3.41. The third kappa shape index (κ3) is 4.55. The van der Waals surface area contributed by atoms with Crippen LogP contribution in [0.15, 0.2) is 41.3 Å². The highest BCUT2D eigenvalue weighted by Gasteiger charge is 2.47. The number of carbonyl (C=O) groups is 2. The minimum Gasteiger partial charge on any atom is -0.497 e. The number of ether oxygens (including phenoxy) is 2. The molecule has 0 bridgehead atoms. The van der Waals surface area contributed by atoms with Gasteiger partial charge in [-0.25, -0.2) is 8.42 Å². The Morgan fingerprint density at radius 3 is 2.06 bits per heavy atom. The van der Waals surface area contributed by atoms with E-state index in [0.29, 0.717) is 28.3 Å². The molecule has 1 aliphatic carbocycles. The van der Waals surface area contributed by atoms with E-state index in [1.54, 1.807) is 37.3 Å². The summed E-state index contributed by atoms with van der Waals surface area (Å²) in [6, 6.07) is 9.73. The van der Waals surface area contributed by atoms with Crippen molar-refractivity contribution in [2.24, 2.45) is 11.8 Å². The number of hydrogen-bond acceptors (Lipinski definition) is 6. The fraction of sp³-hybridized carbons (Fsp3) is 0.417. The Hall–Kier alpha value is -3.07. The van der Waals surface area contributed by atoms with Gasteiger partial charge in [0.25, 0.3) is 10.0 Å². The van der Waals surface area contributed by atoms with Gasteiger partial charge < -0.3 is 9.47 Å². The third-order valence-electron chi connectivity index (χ3n) is 6.42. The van der Waals surface area contributed by atoms with Crippen LogP contribution in [-0.2, 0) is 26.2 Å². The van der Waals surface area contributed by atoms with Gasteiger partial charge in [0.1, 0.15) is 11.5 Å². The molecule has 1 saturated carbocycles. The molecule has 1 aliphatic heterocycles. The number of sulfonamides is 1. The van der Waals surface area contributed by atoms with Crippen molar-refractivity contribution in [1.82, 2.24) is 4.90 Å². The Kier molecular flexibility index (Phi) is 6.34. The molecule has 2 unspecified atom stereocenters. The lowest BCUT2D eigenvalue weighted by molar-refractivity contribution is -0.140. The molecule has 1 heterocycles. The molecule has 2 aromatic rings. The number of nitrogens with zero attached hydrogens (tertiary/aromatic N) is 1. The molecule has 2 aliphatic rings. The molecule has 0 aromatic heterocycles. The molecule has 8 nitrogen and oxygen atoms in total. The van der Waals surface area contributed by atoms with Crippen LogP contribution in [0.25, 0.3) is 0 Å². The van der Waals surface area contributed by atoms with Gasteiger partial charge in [-0.2, -0.15) is 0 Å². The first-order chi connectivity index (χ1) is 15.7. The highest BCUT2D eigenvalue weighted by atomic mass is 32.2. The Labute approximate surface area is 193 Å². The van der Waals surface area contributed by atoms with Crippen molar-refractivity contribution in [2.45, 2.75) is 44.0 Å². The van der Waals surface area contributed by atoms with Gasteiger partial charge in [-0.05, 0) is 37.0 Å². The maximum Gasteiger partial charge on any atom is 0.262 e. The Balaban J connectivity index is 1.59. The number of fused-ring (bicyclic) bond motifs is 1. The summed E-state index contributed by atoms with van der Waals surface area (Å²) in [5.41, 5.74) is 1.43. The van der Waals surface area contributed by atoms with Crippen molar-refractivity contribution >= 4 is 27.5 Å². The molecule has 9 heteroatoms. The largest absolute Gasteiger partial charge is 0.497 e. The highest BCUT2D eigenvalue weighted by Crippen LogP contribution is 2.38. The van der Waals surface area contributed by atoms with Crippen LogP contribution in [0.3, 0.4) is 0 Å². The second-order valence-corrected chi connectivity index (χ2v) is 10.2. The molecule has 2 amide bonds. The maximum atomic E-state index is 13.2. The van der Waals surface area contributed by atoms with Crippen LogP contribution in [-0.4, -0.2) is 39.4 Å². The Morgan fingerprint density at radius 2 is 1.52 bits per heavy atom. The smallest absolute Gasteiger partial charge is 0.262 e. The van der Waals surface area contributed by atoms with E-state index in [0.717, 1.165) is 25.7 Å². The van der Waals surface area contributed by atoms with Crippen molar-refractivity contribution in [3.63, 3.8) is 0 Å². The number of hydrogen-bond donors (Lipinski definition) is 1. The second kappa shape index (κ2) is 9.05. The standard InChI is InChI=1S/C24H28N2O6S/c1-15-8-9-16(14-26-23(27)20-6-4-5-7-21(20)24(26)28)10-22(15)33(29,30)25-17-11-18(31-2)13-19(12-17)32-3/h8-13,20-21,25H,4-7,14H2,1-3H3. The quantitative estimate of drug-likeness (QED) is 0.619. The minimum atomic E-state index is -3.95. The van der Waals surface area contributed by atoms with Crippen molar-refractivity contribution in [3.8, 4) is 11.5 Å². The number of likely N-dealkylation sites (tertiary alicyclic amines) is 1. The van der Waals surface area contributed by atoms with Crippen LogP contribution in [0.4, 0.5) is 5.69 Å². The van der Waals surface area contributed by atoms with E-state index in [1.165, 1.54) is 25.2 Å². The molecule has 1 N–H and O–H groups in total. The van der Waals surface area contributed by atoms with E-state index in [4.69, 9.17) is 9.47 Å². The van der Waals surface area contributed by atoms with Crippen LogP contribution >= 0.6 is 0 Å². The molecule has 0 spiro atoms. The summed E-state index contributed by atoms with van der Waals surface area (Å²) in [6.45, 7) is 1.77. The number of anilines is 1. The molecule has 0 radical (unpaired) electrons. The van der Waals surface area contributed by atoms with Crippen molar-refractivity contribution in [1.29, 1.82) is 0 Å². The van der Waals surface area contributed by atoms with Crippen molar-refractivity contribution < 1.29 is 27.5 Å². The zero-order chi connectivity index (χ0) is 23.8. The van der Waals surface area contributed by atoms with Gasteiger partial charge in [0.05, 0.1) is 43.2 Å². The van der Waals surface area contributed by atoms with E-state index in [2.05, 4.69) is 4.72 Å². The van der Waals surface area contributed by atoms with Crippen LogP contribution in [0.5, 0.6) is 11.5 Å². The van der Waals surface area contributed by atoms with E-state index in [1.807, 2.05) is 0 Å². The number of methoxy groups -OCH3 is 2. The first-order valence-corrected chi connectivity index (χ1v) is 12.4. The number of aryl methyl sites for hydroxylation is 1. The highest BCUT2D eigenvalue weighted by molar-refractivity contribution is 7.92. The summed E-state index contributed by atoms with van der Waals surface area (Å²) in [7, 11) is -0.980. The average Bonchev–Trinajstić information content (AvgIpc) is 3.04. The number of imide groups is 1. The minimum absolute atomic E-state index is 0.0699. The molecule has 2 fully saturated rings. The van der Waals surface area contributed by atoms with Gasteiger partial charge in [0, 0.05) is 18.2 Å². The van der Waals surface area contributed by atoms with Crippen molar-refractivity contribution in [2.75, 3.05) is 18.9 Å². The van der Waals surface area contributed by atoms with Gasteiger partial charge in [0.2, 0.25) is 11.8 Å². The van der Waals surface area contributed by atoms with Crippen LogP contribution in [0, 0.1) is 18.8 Å². The Bertz CT molecular complexity index is 1150. The van der Waals surface area contributed by atoms with E-state index < -0.39 is 10.0 Å². The number of carbonyl (C=O) groups excluding carboxylic acids is 2. The zero-order valence-corrected chi connectivity index (χ0v) is 19.8. The first-order valence-electron chi connectivity index (χ1n) is 10.9. The van der Waals surface area contributed by atoms with E-state index >= 15 is 0 Å². The average molecular weight is 473 g/mol. The van der Waals surface area contributed by atoms with Gasteiger partial charge >= 0.3 is 0 Å². The summed E-state index contributed by atoms with van der Waals surface area (Å²) in [5, 5.41) is 0. The van der Waals surface area contributed by atoms with Gasteiger partial charge in [-0.1, -0.05) is 25.0 Å². The lowest BCUT2D eigenvalue weighted by atomic mass is 9.81. The molecule has 2 atom stereocenters. The predicted molar refractivity (Wildman–Crippen MR) is 123 cm³/mol. The number of nitrogens with one attached hydrogen (secondary N) is 1. The topological polar surface area (TPSA) is 102 Å². The van der Waals surface area contributed by atoms with Crippen LogP contribution in [0.1, 0.15) is 36.8 Å². The second-order valence-electron chi connectivity index (χ2n) is 8.57. The molecular formula is C24H28N2O6S. The predicted octanol–water partition coefficient (Wildman–Crippen LogP) is 3.49. The van der Waals surface area contributed by atoms with Gasteiger partial charge in [-0.15, -0.1) is 0 Å². The monoisotopic (exact) mass is 472 g/mol. The molecular weight excluding hydrogens is 444 g/mol. The van der Waals surface area contributed by atoms with Crippen molar-refractivity contribution in [3.05, 3.63) is 47.5 Å². The zero-order valence-electron chi connectivity index (χ0n) is 19.0. The maximum absolute atomic E-state index is 13.2. The van der Waals surface area contributed by atoms with Crippen LogP contribution in [0.2, 0.25) is 0 Å². The first kappa shape index (κ1) is 23.1. The Morgan fingerprint density at radius 1 is 0.939 bits per heavy atom. The van der Waals surface area contributed by atoms with E-state index in [9.17, 15) is 18.0 Å².